The molecule has 0 saturated carbocycles. The summed E-state index contributed by atoms with van der Waals surface area (Å²) in [5, 5.41) is 3.63. The lowest BCUT2D eigenvalue weighted by Gasteiger charge is -2.33. The van der Waals surface area contributed by atoms with Crippen molar-refractivity contribution in [2.45, 2.75) is 19.9 Å². The number of thioether (sulfide) groups is 1. The molecule has 1 atom stereocenters. The van der Waals surface area contributed by atoms with E-state index in [1.54, 1.807) is 12.0 Å². The molecular weight excluding hydrogens is 386 g/mol. The van der Waals surface area contributed by atoms with Gasteiger partial charge in [0.05, 0.1) is 30.2 Å². The van der Waals surface area contributed by atoms with Gasteiger partial charge in [0.2, 0.25) is 5.91 Å². The summed E-state index contributed by atoms with van der Waals surface area (Å²) in [6.45, 7) is 3.76. The van der Waals surface area contributed by atoms with Crippen LogP contribution < -0.4 is 10.1 Å². The van der Waals surface area contributed by atoms with Gasteiger partial charge in [-0.05, 0) is 43.2 Å². The fraction of sp³-hybridized carbons (Fsp3) is 0.227. The summed E-state index contributed by atoms with van der Waals surface area (Å²) < 4.78 is 5.25. The molecule has 2 aliphatic rings. The van der Waals surface area contributed by atoms with Crippen molar-refractivity contribution >= 4 is 34.4 Å². The Morgan fingerprint density at radius 3 is 2.59 bits per heavy atom. The zero-order valence-corrected chi connectivity index (χ0v) is 17.2. The zero-order chi connectivity index (χ0) is 20.5. The van der Waals surface area contributed by atoms with Crippen molar-refractivity contribution in [2.24, 2.45) is 4.99 Å². The van der Waals surface area contributed by atoms with E-state index in [1.165, 1.54) is 11.8 Å². The predicted molar refractivity (Wildman–Crippen MR) is 115 cm³/mol. The van der Waals surface area contributed by atoms with Crippen molar-refractivity contribution in [3.8, 4) is 5.75 Å². The number of rotatable bonds is 4. The second kappa shape index (κ2) is 7.75. The van der Waals surface area contributed by atoms with Crippen molar-refractivity contribution in [1.29, 1.82) is 0 Å². The summed E-state index contributed by atoms with van der Waals surface area (Å²) in [7, 11) is 1.60. The first-order chi connectivity index (χ1) is 14.0. The number of nitrogens with one attached hydrogen (secondary N) is 1. The average molecular weight is 407 g/mol. The van der Waals surface area contributed by atoms with Crippen LogP contribution in [0.15, 0.2) is 64.8 Å². The highest BCUT2D eigenvalue weighted by Crippen LogP contribution is 2.41. The topological polar surface area (TPSA) is 71.0 Å². The average Bonchev–Trinajstić information content (AvgIpc) is 3.09. The number of amidine groups is 1. The number of hydrogen-bond acceptors (Lipinski definition) is 5. The Morgan fingerprint density at radius 2 is 1.90 bits per heavy atom. The Kier molecular flexibility index (Phi) is 5.15. The monoisotopic (exact) mass is 407 g/mol. The van der Waals surface area contributed by atoms with Crippen LogP contribution in [0.3, 0.4) is 0 Å². The lowest BCUT2D eigenvalue weighted by atomic mass is 9.93. The van der Waals surface area contributed by atoms with Gasteiger partial charge in [0.1, 0.15) is 5.75 Å². The molecule has 6 nitrogen and oxygen atoms in total. The summed E-state index contributed by atoms with van der Waals surface area (Å²) in [4.78, 5) is 32.2. The maximum Gasteiger partial charge on any atom is 0.255 e. The first kappa shape index (κ1) is 19.3. The summed E-state index contributed by atoms with van der Waals surface area (Å²) in [6.07, 6.45) is 0. The number of amides is 2. The van der Waals surface area contributed by atoms with E-state index in [-0.39, 0.29) is 11.8 Å². The summed E-state index contributed by atoms with van der Waals surface area (Å²) in [6, 6.07) is 14.5. The number of para-hydroxylation sites is 1. The minimum absolute atomic E-state index is 0.0525. The number of carbonyl (C=O) groups is 2. The maximum absolute atomic E-state index is 13.3. The number of aryl methyl sites for hydroxylation is 1. The minimum atomic E-state index is -0.528. The molecule has 0 unspecified atom stereocenters. The van der Waals surface area contributed by atoms with Crippen LogP contribution in [0.25, 0.3) is 0 Å². The second-order valence-electron chi connectivity index (χ2n) is 6.89. The molecule has 2 heterocycles. The van der Waals surface area contributed by atoms with Crippen molar-refractivity contribution < 1.29 is 14.3 Å². The van der Waals surface area contributed by atoms with E-state index in [1.807, 2.05) is 62.4 Å². The molecule has 148 valence electrons. The molecule has 1 N–H and O–H groups in total. The molecule has 0 radical (unpaired) electrons. The van der Waals surface area contributed by atoms with E-state index in [0.717, 1.165) is 16.8 Å². The molecule has 1 saturated heterocycles. The van der Waals surface area contributed by atoms with E-state index < -0.39 is 6.04 Å². The highest BCUT2D eigenvalue weighted by molar-refractivity contribution is 8.15. The number of ether oxygens (including phenoxy) is 1. The van der Waals surface area contributed by atoms with E-state index in [0.29, 0.717) is 27.9 Å². The van der Waals surface area contributed by atoms with Gasteiger partial charge in [0.15, 0.2) is 5.17 Å². The van der Waals surface area contributed by atoms with E-state index in [9.17, 15) is 9.59 Å². The Bertz CT molecular complexity index is 1040. The van der Waals surface area contributed by atoms with Crippen molar-refractivity contribution in [2.75, 3.05) is 18.2 Å². The summed E-state index contributed by atoms with van der Waals surface area (Å²) in [5.74, 6) is 0.728. The van der Waals surface area contributed by atoms with Crippen LogP contribution in [0.5, 0.6) is 5.75 Å². The standard InChI is InChI=1S/C22H21N3O3S/c1-13-6-4-5-7-17(13)24-21(27)19-14(2)23-22-25(18(26)12-29-22)20(19)15-8-10-16(28-3)11-9-15/h4-11,20H,12H2,1-3H3,(H,24,27)/t20-/m1/s1. The van der Waals surface area contributed by atoms with Crippen molar-refractivity contribution in [3.63, 3.8) is 0 Å². The normalized spacial score (nSPS) is 18.4. The van der Waals surface area contributed by atoms with Crippen LogP contribution in [0.2, 0.25) is 0 Å². The van der Waals surface area contributed by atoms with Gasteiger partial charge in [0.25, 0.3) is 5.91 Å². The van der Waals surface area contributed by atoms with Gasteiger partial charge in [0, 0.05) is 5.69 Å². The predicted octanol–water partition coefficient (Wildman–Crippen LogP) is 3.90. The summed E-state index contributed by atoms with van der Waals surface area (Å²) >= 11 is 1.40. The molecule has 0 aliphatic carbocycles. The molecule has 7 heteroatoms. The maximum atomic E-state index is 13.3. The second-order valence-corrected chi connectivity index (χ2v) is 7.83. The number of carbonyl (C=O) groups excluding carboxylic acids is 2. The quantitative estimate of drug-likeness (QED) is 0.834. The minimum Gasteiger partial charge on any atom is -0.497 e. The Morgan fingerprint density at radius 1 is 1.17 bits per heavy atom. The number of benzene rings is 2. The number of aliphatic imine (C=N–C) groups is 1. The van der Waals surface area contributed by atoms with Crippen LogP contribution in [0.1, 0.15) is 24.1 Å². The third-order valence-corrected chi connectivity index (χ3v) is 5.99. The molecule has 29 heavy (non-hydrogen) atoms. The lowest BCUT2D eigenvalue weighted by molar-refractivity contribution is -0.125. The van der Waals surface area contributed by atoms with Gasteiger partial charge in [-0.3, -0.25) is 14.5 Å². The largest absolute Gasteiger partial charge is 0.497 e. The Hall–Kier alpha value is -3.06. The van der Waals surface area contributed by atoms with Crippen LogP contribution >= 0.6 is 11.8 Å². The molecule has 4 rings (SSSR count). The Labute approximate surface area is 173 Å². The number of allylic oxidation sites excluding steroid dienone is 1. The van der Waals surface area contributed by atoms with Crippen LogP contribution in [0, 0.1) is 6.92 Å². The third-order valence-electron chi connectivity index (χ3n) is 5.05. The SMILES string of the molecule is COc1ccc([C@@H]2C(C(=O)Nc3ccccc3C)=C(C)N=C3SCC(=O)N32)cc1. The van der Waals surface area contributed by atoms with Gasteiger partial charge in [-0.1, -0.05) is 42.1 Å². The molecule has 2 aromatic rings. The molecular formula is C22H21N3O3S. The smallest absolute Gasteiger partial charge is 0.255 e. The number of methoxy groups -OCH3 is 1. The molecule has 1 fully saturated rings. The number of nitrogens with zero attached hydrogens (tertiary/aromatic N) is 2. The molecule has 2 amide bonds. The Balaban J connectivity index is 1.77. The fourth-order valence-electron chi connectivity index (χ4n) is 3.54. The van der Waals surface area contributed by atoms with Crippen LogP contribution in [-0.4, -0.2) is 34.7 Å². The van der Waals surface area contributed by atoms with E-state index in [2.05, 4.69) is 10.3 Å². The molecule has 0 bridgehead atoms. The molecule has 2 aromatic carbocycles. The highest BCUT2D eigenvalue weighted by Gasteiger charge is 2.42. The molecule has 0 spiro atoms. The molecule has 0 aromatic heterocycles. The first-order valence-electron chi connectivity index (χ1n) is 9.25. The van der Waals surface area contributed by atoms with Crippen molar-refractivity contribution in [3.05, 3.63) is 70.9 Å². The number of hydrogen-bond donors (Lipinski definition) is 1. The molecule has 2 aliphatic heterocycles. The van der Waals surface area contributed by atoms with Crippen molar-refractivity contribution in [1.82, 2.24) is 4.90 Å². The van der Waals surface area contributed by atoms with Gasteiger partial charge < -0.3 is 10.1 Å². The number of anilines is 1. The third kappa shape index (κ3) is 3.53. The van der Waals surface area contributed by atoms with E-state index in [4.69, 9.17) is 4.74 Å². The van der Waals surface area contributed by atoms with Gasteiger partial charge in [-0.2, -0.15) is 0 Å². The first-order valence-corrected chi connectivity index (χ1v) is 10.2. The highest BCUT2D eigenvalue weighted by atomic mass is 32.2. The zero-order valence-electron chi connectivity index (χ0n) is 16.4. The van der Waals surface area contributed by atoms with Gasteiger partial charge >= 0.3 is 0 Å². The van der Waals surface area contributed by atoms with Gasteiger partial charge in [-0.15, -0.1) is 0 Å². The lowest BCUT2D eigenvalue weighted by Crippen LogP contribution is -2.40. The van der Waals surface area contributed by atoms with Crippen LogP contribution in [-0.2, 0) is 9.59 Å². The number of fused-ring (bicyclic) bond motifs is 1. The van der Waals surface area contributed by atoms with Gasteiger partial charge in [-0.25, -0.2) is 4.99 Å². The van der Waals surface area contributed by atoms with Crippen LogP contribution in [0.4, 0.5) is 5.69 Å². The summed E-state index contributed by atoms with van der Waals surface area (Å²) in [5.41, 5.74) is 3.63. The fourth-order valence-corrected chi connectivity index (χ4v) is 4.48. The van der Waals surface area contributed by atoms with E-state index >= 15 is 0 Å².